The van der Waals surface area contributed by atoms with Crippen LogP contribution in [-0.4, -0.2) is 55.0 Å². The first-order valence-electron chi connectivity index (χ1n) is 13.4. The van der Waals surface area contributed by atoms with Crippen molar-refractivity contribution >= 4 is 5.91 Å². The molecule has 0 saturated heterocycles. The average molecular weight is 532 g/mol. The molecule has 0 radical (unpaired) electrons. The van der Waals surface area contributed by atoms with E-state index in [0.29, 0.717) is 11.6 Å². The lowest BCUT2D eigenvalue weighted by molar-refractivity contribution is -0.151. The maximum absolute atomic E-state index is 13.8. The van der Waals surface area contributed by atoms with E-state index in [4.69, 9.17) is 4.84 Å². The molecule has 0 bridgehead atoms. The predicted octanol–water partition coefficient (Wildman–Crippen LogP) is 4.59. The van der Waals surface area contributed by atoms with Crippen molar-refractivity contribution in [3.8, 4) is 0 Å². The molecule has 0 heterocycles. The maximum Gasteiger partial charge on any atom is 0.217 e. The van der Waals surface area contributed by atoms with Crippen LogP contribution >= 0.6 is 0 Å². The van der Waals surface area contributed by atoms with Gasteiger partial charge in [-0.1, -0.05) is 45.0 Å². The molecule has 2 aromatic carbocycles. The summed E-state index contributed by atoms with van der Waals surface area (Å²) in [5.74, 6) is -1.70. The fraction of sp³-hybridized carbons (Fsp3) is 0.567. The second kappa shape index (κ2) is 12.6. The van der Waals surface area contributed by atoms with Crippen LogP contribution in [0.25, 0.3) is 0 Å². The molecule has 8 heteroatoms. The van der Waals surface area contributed by atoms with E-state index in [-0.39, 0.29) is 29.8 Å². The van der Waals surface area contributed by atoms with Crippen LogP contribution in [0.1, 0.15) is 70.1 Å². The standard InChI is InChI=1S/C30H43F2N3O3/c1-20(36)34-27(16-21-14-24(31)18-25(32)15-21)28(37)19-33-30(12-10-26(11-13-30)35(5)38-6)23-9-7-8-22(17-23)29(2,3)4/h7-9,14-15,17-18,26-28,33,37H,10-13,16,19H2,1-6H3,(H,34,36)/t26?,27-,28-,30?/m0/s1. The number of amides is 1. The summed E-state index contributed by atoms with van der Waals surface area (Å²) in [5.41, 5.74) is 2.38. The van der Waals surface area contributed by atoms with Crippen molar-refractivity contribution in [1.29, 1.82) is 0 Å². The van der Waals surface area contributed by atoms with E-state index in [1.807, 2.05) is 12.1 Å². The van der Waals surface area contributed by atoms with E-state index < -0.39 is 23.8 Å². The Kier molecular flexibility index (Phi) is 10.0. The molecule has 1 aliphatic rings. The molecule has 210 valence electrons. The summed E-state index contributed by atoms with van der Waals surface area (Å²) in [6.45, 7) is 8.13. The molecule has 0 aliphatic heterocycles. The Morgan fingerprint density at radius 1 is 1.16 bits per heavy atom. The zero-order valence-electron chi connectivity index (χ0n) is 23.5. The van der Waals surface area contributed by atoms with Gasteiger partial charge in [0.1, 0.15) is 11.6 Å². The molecule has 0 aromatic heterocycles. The molecule has 1 aliphatic carbocycles. The smallest absolute Gasteiger partial charge is 0.217 e. The Hall–Kier alpha value is -2.39. The molecule has 1 fully saturated rings. The molecule has 1 saturated carbocycles. The van der Waals surface area contributed by atoms with Crippen molar-refractivity contribution in [3.05, 3.63) is 70.8 Å². The van der Waals surface area contributed by atoms with Crippen molar-refractivity contribution in [2.45, 2.75) is 88.9 Å². The molecule has 38 heavy (non-hydrogen) atoms. The Morgan fingerprint density at radius 3 is 2.34 bits per heavy atom. The predicted molar refractivity (Wildman–Crippen MR) is 146 cm³/mol. The number of hydrogen-bond acceptors (Lipinski definition) is 5. The quantitative estimate of drug-likeness (QED) is 0.391. The lowest BCUT2D eigenvalue weighted by Crippen LogP contribution is -2.54. The van der Waals surface area contributed by atoms with Crippen molar-refractivity contribution < 1.29 is 23.5 Å². The molecule has 2 atom stereocenters. The number of carbonyl (C=O) groups is 1. The van der Waals surface area contributed by atoms with Gasteiger partial charge in [0.05, 0.1) is 19.3 Å². The molecule has 3 N–H and O–H groups in total. The van der Waals surface area contributed by atoms with E-state index in [0.717, 1.165) is 31.7 Å². The number of nitrogens with zero attached hydrogens (tertiary/aromatic N) is 1. The van der Waals surface area contributed by atoms with Crippen LogP contribution < -0.4 is 10.6 Å². The first-order chi connectivity index (χ1) is 17.8. The van der Waals surface area contributed by atoms with Gasteiger partial charge in [-0.3, -0.25) is 4.79 Å². The van der Waals surface area contributed by atoms with E-state index in [2.05, 4.69) is 55.7 Å². The Balaban J connectivity index is 1.85. The van der Waals surface area contributed by atoms with E-state index in [9.17, 15) is 18.7 Å². The SMILES string of the molecule is CON(C)C1CCC(NC[C@H](O)[C@H](Cc2cc(F)cc(F)c2)NC(C)=O)(c2cccc(C(C)(C)C)c2)CC1. The molecule has 2 aromatic rings. The van der Waals surface area contributed by atoms with Gasteiger partial charge in [-0.2, -0.15) is 5.06 Å². The van der Waals surface area contributed by atoms with Crippen LogP contribution in [0, 0.1) is 11.6 Å². The van der Waals surface area contributed by atoms with Gasteiger partial charge in [0.15, 0.2) is 0 Å². The number of hydroxylamine groups is 2. The summed E-state index contributed by atoms with van der Waals surface area (Å²) < 4.78 is 27.6. The topological polar surface area (TPSA) is 73.8 Å². The van der Waals surface area contributed by atoms with Crippen molar-refractivity contribution in [2.75, 3.05) is 20.7 Å². The monoisotopic (exact) mass is 531 g/mol. The third-order valence-electron chi connectivity index (χ3n) is 7.77. The zero-order valence-corrected chi connectivity index (χ0v) is 23.5. The summed E-state index contributed by atoms with van der Waals surface area (Å²) >= 11 is 0. The number of aliphatic hydroxyl groups is 1. The minimum atomic E-state index is -0.979. The summed E-state index contributed by atoms with van der Waals surface area (Å²) in [7, 11) is 3.62. The van der Waals surface area contributed by atoms with Gasteiger partial charge < -0.3 is 20.6 Å². The van der Waals surface area contributed by atoms with Crippen LogP contribution in [0.3, 0.4) is 0 Å². The second-order valence-corrected chi connectivity index (χ2v) is 11.6. The molecular formula is C30H43F2N3O3. The van der Waals surface area contributed by atoms with Gasteiger partial charge in [-0.05, 0) is 66.3 Å². The molecule has 0 spiro atoms. The van der Waals surface area contributed by atoms with Gasteiger partial charge in [0, 0.05) is 38.2 Å². The number of benzene rings is 2. The van der Waals surface area contributed by atoms with Gasteiger partial charge in [0.2, 0.25) is 5.91 Å². The van der Waals surface area contributed by atoms with Crippen LogP contribution in [0.2, 0.25) is 0 Å². The Morgan fingerprint density at radius 2 is 1.79 bits per heavy atom. The van der Waals surface area contributed by atoms with E-state index >= 15 is 0 Å². The van der Waals surface area contributed by atoms with Crippen LogP contribution in [0.4, 0.5) is 8.78 Å². The number of carbonyl (C=O) groups excluding carboxylic acids is 1. The van der Waals surface area contributed by atoms with E-state index in [1.54, 1.807) is 7.11 Å². The normalized spacial score (nSPS) is 21.8. The van der Waals surface area contributed by atoms with Gasteiger partial charge >= 0.3 is 0 Å². The Labute approximate surface area is 225 Å². The lowest BCUT2D eigenvalue weighted by atomic mass is 9.73. The fourth-order valence-corrected chi connectivity index (χ4v) is 5.43. The van der Waals surface area contributed by atoms with Gasteiger partial charge in [-0.15, -0.1) is 0 Å². The molecular weight excluding hydrogens is 488 g/mol. The number of halogens is 2. The minimum absolute atomic E-state index is 0.0130. The van der Waals surface area contributed by atoms with Gasteiger partial charge in [0.25, 0.3) is 0 Å². The van der Waals surface area contributed by atoms with Crippen LogP contribution in [-0.2, 0) is 27.0 Å². The Bertz CT molecular complexity index is 1060. The first-order valence-corrected chi connectivity index (χ1v) is 13.4. The lowest BCUT2D eigenvalue weighted by Gasteiger charge is -2.44. The molecule has 1 amide bonds. The van der Waals surface area contributed by atoms with E-state index in [1.165, 1.54) is 30.2 Å². The minimum Gasteiger partial charge on any atom is -0.390 e. The third kappa shape index (κ3) is 7.82. The average Bonchev–Trinajstić information content (AvgIpc) is 2.85. The van der Waals surface area contributed by atoms with Crippen molar-refractivity contribution in [1.82, 2.24) is 15.7 Å². The highest BCUT2D eigenvalue weighted by molar-refractivity contribution is 5.73. The number of hydrogen-bond donors (Lipinski definition) is 3. The highest BCUT2D eigenvalue weighted by Crippen LogP contribution is 2.40. The van der Waals surface area contributed by atoms with Crippen molar-refractivity contribution in [3.63, 3.8) is 0 Å². The maximum atomic E-state index is 13.8. The van der Waals surface area contributed by atoms with Gasteiger partial charge in [-0.25, -0.2) is 8.78 Å². The number of rotatable bonds is 10. The summed E-state index contributed by atoms with van der Waals surface area (Å²) in [6, 6.07) is 11.5. The molecule has 0 unspecified atom stereocenters. The highest BCUT2D eigenvalue weighted by Gasteiger charge is 2.39. The third-order valence-corrected chi connectivity index (χ3v) is 7.77. The highest BCUT2D eigenvalue weighted by atomic mass is 19.1. The largest absolute Gasteiger partial charge is 0.390 e. The molecule has 3 rings (SSSR count). The number of nitrogens with one attached hydrogen (secondary N) is 2. The summed E-state index contributed by atoms with van der Waals surface area (Å²) in [6.07, 6.45) is 2.62. The van der Waals surface area contributed by atoms with Crippen molar-refractivity contribution in [2.24, 2.45) is 0 Å². The summed E-state index contributed by atoms with van der Waals surface area (Å²) in [5, 5.41) is 19.5. The zero-order chi connectivity index (χ0) is 28.1. The van der Waals surface area contributed by atoms with Crippen LogP contribution in [0.5, 0.6) is 0 Å². The summed E-state index contributed by atoms with van der Waals surface area (Å²) in [4.78, 5) is 17.4. The first kappa shape index (κ1) is 30.2. The number of aliphatic hydroxyl groups excluding tert-OH is 1. The fourth-order valence-electron chi connectivity index (χ4n) is 5.43. The van der Waals surface area contributed by atoms with Crippen LogP contribution in [0.15, 0.2) is 42.5 Å². The second-order valence-electron chi connectivity index (χ2n) is 11.6. The molecule has 6 nitrogen and oxygen atoms in total.